The molecule has 0 saturated heterocycles. The summed E-state index contributed by atoms with van der Waals surface area (Å²) in [5.74, 6) is 0.965. The van der Waals surface area contributed by atoms with E-state index in [2.05, 4.69) is 64.1 Å². The summed E-state index contributed by atoms with van der Waals surface area (Å²) < 4.78 is 5.97. The molecule has 0 fully saturated rings. The van der Waals surface area contributed by atoms with Crippen LogP contribution in [0.15, 0.2) is 36.4 Å². The van der Waals surface area contributed by atoms with E-state index in [-0.39, 0.29) is 6.04 Å². The normalized spacial score (nSPS) is 12.2. The number of rotatable bonds is 4. The molecule has 0 aliphatic heterocycles. The van der Waals surface area contributed by atoms with Crippen molar-refractivity contribution in [2.24, 2.45) is 5.73 Å². The molecule has 2 rings (SSSR count). The monoisotopic (exact) mass is 269 g/mol. The summed E-state index contributed by atoms with van der Waals surface area (Å²) in [6.07, 6.45) is 0. The Kier molecular flexibility index (Phi) is 4.46. The first-order valence-corrected chi connectivity index (χ1v) is 7.01. The van der Waals surface area contributed by atoms with Crippen LogP contribution in [0.5, 0.6) is 5.75 Å². The van der Waals surface area contributed by atoms with Crippen molar-refractivity contribution in [1.82, 2.24) is 0 Å². The highest BCUT2D eigenvalue weighted by atomic mass is 16.5. The maximum atomic E-state index is 6.21. The third-order valence-electron chi connectivity index (χ3n) is 3.79. The van der Waals surface area contributed by atoms with Crippen LogP contribution < -0.4 is 10.5 Å². The van der Waals surface area contributed by atoms with Crippen LogP contribution >= 0.6 is 0 Å². The van der Waals surface area contributed by atoms with Gasteiger partial charge in [-0.3, -0.25) is 0 Å². The van der Waals surface area contributed by atoms with Crippen molar-refractivity contribution in [1.29, 1.82) is 0 Å². The van der Waals surface area contributed by atoms with E-state index in [9.17, 15) is 0 Å². The van der Waals surface area contributed by atoms with E-state index < -0.39 is 0 Å². The van der Waals surface area contributed by atoms with Gasteiger partial charge < -0.3 is 10.5 Å². The molecule has 2 heteroatoms. The first-order chi connectivity index (χ1) is 9.49. The van der Waals surface area contributed by atoms with E-state index in [0.717, 1.165) is 16.9 Å². The summed E-state index contributed by atoms with van der Waals surface area (Å²) in [5.41, 5.74) is 12.2. The Morgan fingerprint density at radius 3 is 2.15 bits per heavy atom. The zero-order chi connectivity index (χ0) is 14.7. The minimum atomic E-state index is -0.102. The van der Waals surface area contributed by atoms with Crippen LogP contribution in [-0.2, 0) is 0 Å². The fraction of sp³-hybridized carbons (Fsp3) is 0.333. The molecular formula is C18H23NO. The molecule has 2 aromatic carbocycles. The Morgan fingerprint density at radius 1 is 0.900 bits per heavy atom. The van der Waals surface area contributed by atoms with Gasteiger partial charge in [-0.05, 0) is 49.9 Å². The molecule has 0 heterocycles. The standard InChI is InChI=1S/C18H23NO/c1-12-5-9-16(10-6-12)17(19)11-20-18-14(3)8-7-13(2)15(18)4/h5-10,17H,11,19H2,1-4H3. The molecule has 0 saturated carbocycles. The van der Waals surface area contributed by atoms with Gasteiger partial charge in [-0.1, -0.05) is 42.0 Å². The number of ether oxygens (including phenoxy) is 1. The van der Waals surface area contributed by atoms with E-state index in [1.54, 1.807) is 0 Å². The molecule has 1 atom stereocenters. The van der Waals surface area contributed by atoms with Gasteiger partial charge in [0.2, 0.25) is 0 Å². The van der Waals surface area contributed by atoms with E-state index >= 15 is 0 Å². The summed E-state index contributed by atoms with van der Waals surface area (Å²) in [6, 6.07) is 12.4. The lowest BCUT2D eigenvalue weighted by molar-refractivity contribution is 0.287. The molecule has 1 unspecified atom stereocenters. The highest BCUT2D eigenvalue weighted by molar-refractivity contribution is 5.44. The maximum absolute atomic E-state index is 6.21. The Hall–Kier alpha value is -1.80. The third kappa shape index (κ3) is 3.20. The van der Waals surface area contributed by atoms with E-state index in [4.69, 9.17) is 10.5 Å². The Labute approximate surface area is 121 Å². The van der Waals surface area contributed by atoms with Gasteiger partial charge in [-0.2, -0.15) is 0 Å². The minimum Gasteiger partial charge on any atom is -0.491 e. The van der Waals surface area contributed by atoms with Gasteiger partial charge in [-0.25, -0.2) is 0 Å². The molecule has 20 heavy (non-hydrogen) atoms. The lowest BCUT2D eigenvalue weighted by Crippen LogP contribution is -2.19. The Bertz CT molecular complexity index is 587. The predicted octanol–water partition coefficient (Wildman–Crippen LogP) is 4.00. The minimum absolute atomic E-state index is 0.102. The van der Waals surface area contributed by atoms with Crippen LogP contribution in [0.3, 0.4) is 0 Å². The second-order valence-corrected chi connectivity index (χ2v) is 5.48. The molecule has 0 aliphatic rings. The van der Waals surface area contributed by atoms with Crippen molar-refractivity contribution in [2.75, 3.05) is 6.61 Å². The van der Waals surface area contributed by atoms with Gasteiger partial charge in [0.25, 0.3) is 0 Å². The van der Waals surface area contributed by atoms with E-state index in [0.29, 0.717) is 6.61 Å². The van der Waals surface area contributed by atoms with Crippen molar-refractivity contribution >= 4 is 0 Å². The molecule has 2 N–H and O–H groups in total. The molecule has 106 valence electrons. The topological polar surface area (TPSA) is 35.2 Å². The van der Waals surface area contributed by atoms with Gasteiger partial charge >= 0.3 is 0 Å². The Morgan fingerprint density at radius 2 is 1.50 bits per heavy atom. The summed E-state index contributed by atoms with van der Waals surface area (Å²) in [7, 11) is 0. The van der Waals surface area contributed by atoms with E-state index in [1.165, 1.54) is 16.7 Å². The lowest BCUT2D eigenvalue weighted by Gasteiger charge is -2.18. The fourth-order valence-corrected chi connectivity index (χ4v) is 2.23. The second kappa shape index (κ2) is 6.10. The molecule has 0 radical (unpaired) electrons. The fourth-order valence-electron chi connectivity index (χ4n) is 2.23. The largest absolute Gasteiger partial charge is 0.491 e. The van der Waals surface area contributed by atoms with E-state index in [1.807, 2.05) is 0 Å². The number of benzene rings is 2. The van der Waals surface area contributed by atoms with Crippen molar-refractivity contribution in [3.8, 4) is 5.75 Å². The van der Waals surface area contributed by atoms with Crippen molar-refractivity contribution < 1.29 is 4.74 Å². The smallest absolute Gasteiger partial charge is 0.125 e. The highest BCUT2D eigenvalue weighted by Gasteiger charge is 2.10. The number of aryl methyl sites for hydroxylation is 3. The summed E-state index contributed by atoms with van der Waals surface area (Å²) in [4.78, 5) is 0. The first-order valence-electron chi connectivity index (χ1n) is 7.01. The van der Waals surface area contributed by atoms with Crippen LogP contribution in [0.2, 0.25) is 0 Å². The molecule has 0 amide bonds. The molecule has 2 nitrogen and oxygen atoms in total. The summed E-state index contributed by atoms with van der Waals surface area (Å²) >= 11 is 0. The number of nitrogens with two attached hydrogens (primary N) is 1. The average Bonchev–Trinajstić information content (AvgIpc) is 2.43. The van der Waals surface area contributed by atoms with Gasteiger partial charge in [0.15, 0.2) is 0 Å². The van der Waals surface area contributed by atoms with Crippen molar-refractivity contribution in [3.05, 3.63) is 64.2 Å². The van der Waals surface area contributed by atoms with Crippen LogP contribution in [-0.4, -0.2) is 6.61 Å². The van der Waals surface area contributed by atoms with Crippen molar-refractivity contribution in [2.45, 2.75) is 33.7 Å². The van der Waals surface area contributed by atoms with Crippen LogP contribution in [0.4, 0.5) is 0 Å². The number of hydrogen-bond acceptors (Lipinski definition) is 2. The molecule has 0 aliphatic carbocycles. The number of hydrogen-bond donors (Lipinski definition) is 1. The van der Waals surface area contributed by atoms with Crippen LogP contribution in [0.25, 0.3) is 0 Å². The van der Waals surface area contributed by atoms with Gasteiger partial charge in [-0.15, -0.1) is 0 Å². The third-order valence-corrected chi connectivity index (χ3v) is 3.79. The maximum Gasteiger partial charge on any atom is 0.125 e. The molecular weight excluding hydrogens is 246 g/mol. The quantitative estimate of drug-likeness (QED) is 0.910. The van der Waals surface area contributed by atoms with Gasteiger partial charge in [0.1, 0.15) is 12.4 Å². The lowest BCUT2D eigenvalue weighted by atomic mass is 10.0. The molecule has 0 spiro atoms. The summed E-state index contributed by atoms with van der Waals surface area (Å²) in [5, 5.41) is 0. The Balaban J connectivity index is 2.09. The van der Waals surface area contributed by atoms with Crippen molar-refractivity contribution in [3.63, 3.8) is 0 Å². The predicted molar refractivity (Wildman–Crippen MR) is 84.3 cm³/mol. The second-order valence-electron chi connectivity index (χ2n) is 5.48. The van der Waals surface area contributed by atoms with Gasteiger partial charge in [0, 0.05) is 0 Å². The zero-order valence-corrected chi connectivity index (χ0v) is 12.7. The average molecular weight is 269 g/mol. The zero-order valence-electron chi connectivity index (χ0n) is 12.7. The first kappa shape index (κ1) is 14.6. The van der Waals surface area contributed by atoms with Crippen LogP contribution in [0, 0.1) is 27.7 Å². The van der Waals surface area contributed by atoms with Crippen LogP contribution in [0.1, 0.15) is 33.9 Å². The molecule has 0 bridgehead atoms. The molecule has 2 aromatic rings. The highest BCUT2D eigenvalue weighted by Crippen LogP contribution is 2.26. The summed E-state index contributed by atoms with van der Waals surface area (Å²) in [6.45, 7) is 8.83. The van der Waals surface area contributed by atoms with Gasteiger partial charge in [0.05, 0.1) is 6.04 Å². The SMILES string of the molecule is Cc1ccc(C(N)COc2c(C)ccc(C)c2C)cc1. The molecule has 0 aromatic heterocycles.